The van der Waals surface area contributed by atoms with Crippen molar-refractivity contribution in [2.75, 3.05) is 0 Å². The lowest BCUT2D eigenvalue weighted by atomic mass is 9.33. The van der Waals surface area contributed by atoms with Gasteiger partial charge in [0.2, 0.25) is 0 Å². The summed E-state index contributed by atoms with van der Waals surface area (Å²) in [5.41, 5.74) is 3.44. The Morgan fingerprint density at radius 3 is 2.26 bits per heavy atom. The van der Waals surface area contributed by atoms with E-state index in [9.17, 15) is 4.79 Å². The van der Waals surface area contributed by atoms with Gasteiger partial charge >= 0.3 is 5.97 Å². The number of hydrogen-bond acceptors (Lipinski definition) is 2. The zero-order valence-electron chi connectivity index (χ0n) is 23.7. The Kier molecular flexibility index (Phi) is 5.57. The Morgan fingerprint density at radius 2 is 1.59 bits per heavy atom. The first-order valence-electron chi connectivity index (χ1n) is 14.6. The maximum Gasteiger partial charge on any atom is 0.302 e. The molecule has 0 aromatic heterocycles. The number of carbonyl (C=O) groups excluding carboxylic acids is 1. The molecule has 34 heavy (non-hydrogen) atoms. The molecule has 10 atom stereocenters. The Morgan fingerprint density at radius 1 is 0.882 bits per heavy atom. The molecule has 0 bridgehead atoms. The fourth-order valence-corrected chi connectivity index (χ4v) is 11.2. The minimum Gasteiger partial charge on any atom is -0.462 e. The van der Waals surface area contributed by atoms with Crippen LogP contribution in [0, 0.1) is 56.7 Å². The summed E-state index contributed by atoms with van der Waals surface area (Å²) in [6, 6.07) is 0. The quantitative estimate of drug-likeness (QED) is 0.284. The Hall–Kier alpha value is -0.790. The second-order valence-corrected chi connectivity index (χ2v) is 15.3. The smallest absolute Gasteiger partial charge is 0.302 e. The third-order valence-corrected chi connectivity index (χ3v) is 13.6. The van der Waals surface area contributed by atoms with Crippen molar-refractivity contribution in [2.45, 2.75) is 126 Å². The molecule has 0 aromatic carbocycles. The normalized spacial score (nSPS) is 54.0. The van der Waals surface area contributed by atoms with Crippen LogP contribution in [0.4, 0.5) is 0 Å². The molecular formula is C32H52O2. The van der Waals surface area contributed by atoms with Crippen molar-refractivity contribution in [3.63, 3.8) is 0 Å². The molecule has 5 aliphatic rings. The highest BCUT2D eigenvalue weighted by molar-refractivity contribution is 5.66. The van der Waals surface area contributed by atoms with E-state index in [0.717, 1.165) is 30.1 Å². The lowest BCUT2D eigenvalue weighted by molar-refractivity contribution is -0.212. The van der Waals surface area contributed by atoms with Gasteiger partial charge in [0.1, 0.15) is 6.10 Å². The molecular weight excluding hydrogens is 416 g/mol. The van der Waals surface area contributed by atoms with Crippen molar-refractivity contribution in [2.24, 2.45) is 56.7 Å². The van der Waals surface area contributed by atoms with Crippen LogP contribution in [-0.4, -0.2) is 12.1 Å². The molecule has 4 saturated carbocycles. The number of fused-ring (bicyclic) bond motifs is 7. The van der Waals surface area contributed by atoms with Crippen molar-refractivity contribution in [3.05, 3.63) is 11.6 Å². The highest BCUT2D eigenvalue weighted by Gasteiger charge is 2.68. The Labute approximate surface area is 210 Å². The summed E-state index contributed by atoms with van der Waals surface area (Å²) < 4.78 is 5.91. The van der Waals surface area contributed by atoms with Crippen LogP contribution in [0.25, 0.3) is 0 Å². The maximum absolute atomic E-state index is 11.9. The van der Waals surface area contributed by atoms with Gasteiger partial charge in [0.05, 0.1) is 0 Å². The summed E-state index contributed by atoms with van der Waals surface area (Å²) in [4.78, 5) is 11.9. The lowest BCUT2D eigenvalue weighted by Gasteiger charge is -2.71. The summed E-state index contributed by atoms with van der Waals surface area (Å²) in [5, 5.41) is 0. The molecule has 2 heteroatoms. The number of ether oxygens (including phenoxy) is 1. The second-order valence-electron chi connectivity index (χ2n) is 15.3. The summed E-state index contributed by atoms with van der Waals surface area (Å²) in [5.74, 6) is 3.66. The fraction of sp³-hybridized carbons (Fsp3) is 0.906. The molecule has 192 valence electrons. The summed E-state index contributed by atoms with van der Waals surface area (Å²) in [7, 11) is 0. The first kappa shape index (κ1) is 24.9. The van der Waals surface area contributed by atoms with Gasteiger partial charge in [0, 0.05) is 12.3 Å². The van der Waals surface area contributed by atoms with Crippen molar-refractivity contribution in [1.82, 2.24) is 0 Å². The predicted molar refractivity (Wildman–Crippen MR) is 140 cm³/mol. The van der Waals surface area contributed by atoms with Crippen LogP contribution in [0.2, 0.25) is 0 Å². The van der Waals surface area contributed by atoms with Crippen molar-refractivity contribution in [1.29, 1.82) is 0 Å². The minimum atomic E-state index is -0.110. The monoisotopic (exact) mass is 468 g/mol. The van der Waals surface area contributed by atoms with E-state index < -0.39 is 0 Å². The van der Waals surface area contributed by atoms with E-state index in [0.29, 0.717) is 27.6 Å². The largest absolute Gasteiger partial charge is 0.462 e. The van der Waals surface area contributed by atoms with E-state index >= 15 is 0 Å². The summed E-state index contributed by atoms with van der Waals surface area (Å²) in [6.07, 6.45) is 14.6. The zero-order chi connectivity index (χ0) is 24.9. The van der Waals surface area contributed by atoms with E-state index in [-0.39, 0.29) is 17.5 Å². The standard InChI is InChI=1S/C32H52O2/c1-20-12-15-29(6)18-19-31(8)23(27(29)21(20)2)10-11-25-30(7)16-14-26(34-22(3)33)28(4,5)24(30)13-17-32(25,31)9/h10,20-21,24-27H,11-19H2,1-9H3/t20-,21?,24+,25?,26-,27?,29?,30?,31-,32?/m1/s1. The molecule has 0 amide bonds. The third-order valence-electron chi connectivity index (χ3n) is 13.6. The molecule has 5 rings (SSSR count). The van der Waals surface area contributed by atoms with Gasteiger partial charge in [-0.05, 0) is 109 Å². The van der Waals surface area contributed by atoms with E-state index in [2.05, 4.69) is 61.5 Å². The van der Waals surface area contributed by atoms with Crippen molar-refractivity contribution in [3.8, 4) is 0 Å². The Bertz CT molecular complexity index is 885. The van der Waals surface area contributed by atoms with Crippen LogP contribution in [0.5, 0.6) is 0 Å². The van der Waals surface area contributed by atoms with Crippen LogP contribution in [0.1, 0.15) is 120 Å². The van der Waals surface area contributed by atoms with Crippen LogP contribution in [-0.2, 0) is 9.53 Å². The third kappa shape index (κ3) is 3.08. The van der Waals surface area contributed by atoms with Crippen LogP contribution >= 0.6 is 0 Å². The number of hydrogen-bond donors (Lipinski definition) is 0. The first-order valence-corrected chi connectivity index (χ1v) is 14.6. The SMILES string of the molecule is CC(=O)O[C@@H]1CCC2(C)C3CC=C4C5C(C)[C@H](C)CCC5(C)CC[C@@]4(C)C3(C)CC[C@H]2C1(C)C. The molecule has 4 fully saturated rings. The average molecular weight is 469 g/mol. The van der Waals surface area contributed by atoms with Gasteiger partial charge in [0.15, 0.2) is 0 Å². The van der Waals surface area contributed by atoms with E-state index in [1.54, 1.807) is 6.92 Å². The van der Waals surface area contributed by atoms with Gasteiger partial charge in [0.25, 0.3) is 0 Å². The zero-order valence-corrected chi connectivity index (χ0v) is 23.7. The molecule has 2 nitrogen and oxygen atoms in total. The predicted octanol–water partition coefficient (Wildman–Crippen LogP) is 8.60. The number of allylic oxidation sites excluding steroid dienone is 2. The van der Waals surface area contributed by atoms with Crippen molar-refractivity contribution < 1.29 is 9.53 Å². The minimum absolute atomic E-state index is 0.0450. The maximum atomic E-state index is 11.9. The molecule has 0 spiro atoms. The van der Waals surface area contributed by atoms with Crippen LogP contribution in [0.15, 0.2) is 11.6 Å². The van der Waals surface area contributed by atoms with Gasteiger partial charge in [-0.15, -0.1) is 0 Å². The molecule has 0 aromatic rings. The number of carbonyl (C=O) groups is 1. The van der Waals surface area contributed by atoms with Crippen molar-refractivity contribution >= 4 is 5.97 Å². The molecule has 0 N–H and O–H groups in total. The molecule has 6 unspecified atom stereocenters. The van der Waals surface area contributed by atoms with Gasteiger partial charge in [-0.25, -0.2) is 0 Å². The highest BCUT2D eigenvalue weighted by atomic mass is 16.5. The number of rotatable bonds is 1. The molecule has 5 aliphatic carbocycles. The molecule has 0 aliphatic heterocycles. The van der Waals surface area contributed by atoms with Gasteiger partial charge < -0.3 is 4.74 Å². The summed E-state index contributed by atoms with van der Waals surface area (Å²) >= 11 is 0. The summed E-state index contributed by atoms with van der Waals surface area (Å²) in [6.45, 7) is 22.1. The molecule has 0 radical (unpaired) electrons. The number of esters is 1. The second kappa shape index (κ2) is 7.61. The van der Waals surface area contributed by atoms with Crippen LogP contribution < -0.4 is 0 Å². The highest BCUT2D eigenvalue weighted by Crippen LogP contribution is 2.75. The van der Waals surface area contributed by atoms with Gasteiger partial charge in [-0.2, -0.15) is 0 Å². The fourth-order valence-electron chi connectivity index (χ4n) is 11.2. The van der Waals surface area contributed by atoms with Gasteiger partial charge in [-0.1, -0.05) is 67.0 Å². The average Bonchev–Trinajstić information content (AvgIpc) is 2.74. The Balaban J connectivity index is 1.54. The first-order chi connectivity index (χ1) is 15.7. The topological polar surface area (TPSA) is 26.3 Å². The van der Waals surface area contributed by atoms with E-state index in [1.807, 2.05) is 5.57 Å². The lowest BCUT2D eigenvalue weighted by Crippen LogP contribution is -2.65. The van der Waals surface area contributed by atoms with Gasteiger partial charge in [-0.3, -0.25) is 4.79 Å². The van der Waals surface area contributed by atoms with E-state index in [4.69, 9.17) is 4.74 Å². The molecule has 0 saturated heterocycles. The van der Waals surface area contributed by atoms with Crippen LogP contribution in [0.3, 0.4) is 0 Å². The van der Waals surface area contributed by atoms with E-state index in [1.165, 1.54) is 51.4 Å². The molecule has 0 heterocycles.